The Morgan fingerprint density at radius 1 is 1.33 bits per heavy atom. The van der Waals surface area contributed by atoms with Crippen molar-refractivity contribution in [3.05, 3.63) is 0 Å². The maximum Gasteiger partial charge on any atom is 0.307 e. The Bertz CT molecular complexity index is 258. The Hall–Kier alpha value is -0.570. The summed E-state index contributed by atoms with van der Waals surface area (Å²) in [5.74, 6) is 1.57. The molecule has 1 aliphatic carbocycles. The molecule has 3 nitrogen and oxygen atoms in total. The zero-order valence-electron chi connectivity index (χ0n) is 12.4. The van der Waals surface area contributed by atoms with E-state index in [1.165, 1.54) is 25.7 Å². The third kappa shape index (κ3) is 7.00. The van der Waals surface area contributed by atoms with E-state index in [4.69, 9.17) is 4.74 Å². The number of carbonyl (C=O) groups is 1. The quantitative estimate of drug-likeness (QED) is 0.606. The summed E-state index contributed by atoms with van der Waals surface area (Å²) in [6.07, 6.45) is 5.89. The van der Waals surface area contributed by atoms with Crippen LogP contribution in [-0.2, 0) is 9.53 Å². The van der Waals surface area contributed by atoms with Gasteiger partial charge in [-0.2, -0.15) is 0 Å². The molecule has 0 radical (unpaired) electrons. The minimum atomic E-state index is -0.365. The highest BCUT2D eigenvalue weighted by molar-refractivity contribution is 5.70. The van der Waals surface area contributed by atoms with Crippen molar-refractivity contribution in [3.63, 3.8) is 0 Å². The van der Waals surface area contributed by atoms with Crippen molar-refractivity contribution in [2.24, 2.45) is 11.8 Å². The molecule has 0 spiro atoms. The summed E-state index contributed by atoms with van der Waals surface area (Å²) in [6, 6.07) is 0. The Kier molecular flexibility index (Phi) is 6.13. The molecule has 18 heavy (non-hydrogen) atoms. The second kappa shape index (κ2) is 7.13. The van der Waals surface area contributed by atoms with Crippen molar-refractivity contribution in [1.82, 2.24) is 5.32 Å². The number of hydrogen-bond donors (Lipinski definition) is 1. The molecule has 106 valence electrons. The van der Waals surface area contributed by atoms with Gasteiger partial charge in [-0.05, 0) is 52.0 Å². The van der Waals surface area contributed by atoms with Gasteiger partial charge in [0.15, 0.2) is 0 Å². The Morgan fingerprint density at radius 2 is 2.06 bits per heavy atom. The molecule has 0 saturated heterocycles. The van der Waals surface area contributed by atoms with Crippen LogP contribution in [0, 0.1) is 11.8 Å². The molecule has 1 rings (SSSR count). The molecule has 1 aliphatic rings. The normalized spacial score (nSPS) is 24.9. The van der Waals surface area contributed by atoms with E-state index in [2.05, 4.69) is 12.2 Å². The fourth-order valence-electron chi connectivity index (χ4n) is 2.63. The fourth-order valence-corrected chi connectivity index (χ4v) is 2.63. The first-order valence-corrected chi connectivity index (χ1v) is 7.29. The molecule has 0 aromatic rings. The van der Waals surface area contributed by atoms with Gasteiger partial charge in [0.2, 0.25) is 0 Å². The van der Waals surface area contributed by atoms with E-state index in [0.717, 1.165) is 24.9 Å². The highest BCUT2D eigenvalue weighted by Crippen LogP contribution is 2.27. The van der Waals surface area contributed by atoms with Crippen LogP contribution < -0.4 is 5.32 Å². The van der Waals surface area contributed by atoms with Crippen molar-refractivity contribution in [2.75, 3.05) is 13.1 Å². The molecule has 2 atom stereocenters. The molecule has 1 saturated carbocycles. The van der Waals surface area contributed by atoms with E-state index in [-0.39, 0.29) is 11.6 Å². The first-order chi connectivity index (χ1) is 8.37. The van der Waals surface area contributed by atoms with Gasteiger partial charge in [0.25, 0.3) is 0 Å². The van der Waals surface area contributed by atoms with Crippen LogP contribution in [-0.4, -0.2) is 24.7 Å². The minimum absolute atomic E-state index is 0.105. The maximum atomic E-state index is 11.5. The number of hydrogen-bond acceptors (Lipinski definition) is 3. The summed E-state index contributed by atoms with van der Waals surface area (Å²) in [4.78, 5) is 11.5. The molecule has 1 fully saturated rings. The molecule has 0 aliphatic heterocycles. The lowest BCUT2D eigenvalue weighted by Gasteiger charge is -2.26. The summed E-state index contributed by atoms with van der Waals surface area (Å²) in [7, 11) is 0. The third-order valence-electron chi connectivity index (χ3n) is 3.40. The van der Waals surface area contributed by atoms with Crippen molar-refractivity contribution in [3.8, 4) is 0 Å². The molecule has 1 N–H and O–H groups in total. The fraction of sp³-hybridized carbons (Fsp3) is 0.933. The van der Waals surface area contributed by atoms with Crippen molar-refractivity contribution < 1.29 is 9.53 Å². The van der Waals surface area contributed by atoms with Crippen LogP contribution in [0.5, 0.6) is 0 Å². The van der Waals surface area contributed by atoms with Crippen molar-refractivity contribution >= 4 is 5.97 Å². The van der Waals surface area contributed by atoms with Crippen LogP contribution in [0.25, 0.3) is 0 Å². The summed E-state index contributed by atoms with van der Waals surface area (Å²) in [5.41, 5.74) is -0.365. The van der Waals surface area contributed by atoms with E-state index in [9.17, 15) is 4.79 Å². The Morgan fingerprint density at radius 3 is 2.67 bits per heavy atom. The summed E-state index contributed by atoms with van der Waals surface area (Å²) < 4.78 is 5.27. The largest absolute Gasteiger partial charge is 0.460 e. The molecule has 3 heteroatoms. The van der Waals surface area contributed by atoms with Gasteiger partial charge < -0.3 is 10.1 Å². The van der Waals surface area contributed by atoms with Crippen LogP contribution in [0.2, 0.25) is 0 Å². The SMILES string of the molecule is CC1CCCC(CNCCC(=O)OC(C)(C)C)C1. The Balaban J connectivity index is 2.06. The molecule has 0 heterocycles. The average molecular weight is 255 g/mol. The summed E-state index contributed by atoms with van der Waals surface area (Å²) in [5, 5.41) is 3.39. The van der Waals surface area contributed by atoms with Gasteiger partial charge in [-0.1, -0.05) is 19.8 Å². The van der Waals surface area contributed by atoms with Gasteiger partial charge in [0.1, 0.15) is 5.60 Å². The van der Waals surface area contributed by atoms with Crippen LogP contribution in [0.1, 0.15) is 59.8 Å². The van der Waals surface area contributed by atoms with E-state index in [1.54, 1.807) is 0 Å². The van der Waals surface area contributed by atoms with E-state index in [1.807, 2.05) is 20.8 Å². The van der Waals surface area contributed by atoms with Crippen molar-refractivity contribution in [1.29, 1.82) is 0 Å². The van der Waals surface area contributed by atoms with Crippen LogP contribution in [0.4, 0.5) is 0 Å². The summed E-state index contributed by atoms with van der Waals surface area (Å²) in [6.45, 7) is 9.84. The zero-order valence-corrected chi connectivity index (χ0v) is 12.4. The molecular weight excluding hydrogens is 226 g/mol. The van der Waals surface area contributed by atoms with Crippen molar-refractivity contribution in [2.45, 2.75) is 65.4 Å². The molecule has 0 aromatic carbocycles. The molecular formula is C15H29NO2. The molecule has 0 bridgehead atoms. The lowest BCUT2D eigenvalue weighted by atomic mass is 9.82. The number of nitrogens with one attached hydrogen (secondary N) is 1. The van der Waals surface area contributed by atoms with Crippen LogP contribution in [0.15, 0.2) is 0 Å². The van der Waals surface area contributed by atoms with Crippen LogP contribution >= 0.6 is 0 Å². The van der Waals surface area contributed by atoms with Crippen LogP contribution in [0.3, 0.4) is 0 Å². The topological polar surface area (TPSA) is 38.3 Å². The van der Waals surface area contributed by atoms with Gasteiger partial charge in [-0.15, -0.1) is 0 Å². The number of ether oxygens (including phenoxy) is 1. The van der Waals surface area contributed by atoms with E-state index < -0.39 is 0 Å². The standard InChI is InChI=1S/C15H29NO2/c1-12-6-5-7-13(10-12)11-16-9-8-14(17)18-15(2,3)4/h12-13,16H,5-11H2,1-4H3. The van der Waals surface area contributed by atoms with E-state index >= 15 is 0 Å². The minimum Gasteiger partial charge on any atom is -0.460 e. The first kappa shape index (κ1) is 15.5. The second-order valence-electron chi connectivity index (χ2n) is 6.68. The zero-order chi connectivity index (χ0) is 13.6. The van der Waals surface area contributed by atoms with Gasteiger partial charge >= 0.3 is 5.97 Å². The lowest BCUT2D eigenvalue weighted by Crippen LogP contribution is -2.30. The number of carbonyl (C=O) groups excluding carboxylic acids is 1. The van der Waals surface area contributed by atoms with Gasteiger partial charge in [0.05, 0.1) is 6.42 Å². The highest BCUT2D eigenvalue weighted by atomic mass is 16.6. The number of rotatable bonds is 5. The molecule has 2 unspecified atom stereocenters. The average Bonchev–Trinajstić information content (AvgIpc) is 2.22. The Labute approximate surface area is 112 Å². The molecule has 0 amide bonds. The van der Waals surface area contributed by atoms with Gasteiger partial charge in [-0.25, -0.2) is 0 Å². The number of esters is 1. The third-order valence-corrected chi connectivity index (χ3v) is 3.40. The predicted molar refractivity (Wildman–Crippen MR) is 74.5 cm³/mol. The second-order valence-corrected chi connectivity index (χ2v) is 6.68. The lowest BCUT2D eigenvalue weighted by molar-refractivity contribution is -0.154. The maximum absolute atomic E-state index is 11.5. The van der Waals surface area contributed by atoms with Gasteiger partial charge in [-0.3, -0.25) is 4.79 Å². The monoisotopic (exact) mass is 255 g/mol. The first-order valence-electron chi connectivity index (χ1n) is 7.29. The van der Waals surface area contributed by atoms with E-state index in [0.29, 0.717) is 6.42 Å². The van der Waals surface area contributed by atoms with Gasteiger partial charge in [0, 0.05) is 6.54 Å². The highest BCUT2D eigenvalue weighted by Gasteiger charge is 2.19. The smallest absolute Gasteiger partial charge is 0.307 e. The predicted octanol–water partition coefficient (Wildman–Crippen LogP) is 3.13. The molecule has 0 aromatic heterocycles. The summed E-state index contributed by atoms with van der Waals surface area (Å²) >= 11 is 0.